The summed E-state index contributed by atoms with van der Waals surface area (Å²) in [5.74, 6) is -0.294. The molecule has 88 valence electrons. The number of rotatable bonds is 3. The van der Waals surface area contributed by atoms with Crippen molar-refractivity contribution >= 4 is 11.8 Å². The van der Waals surface area contributed by atoms with E-state index in [9.17, 15) is 9.50 Å². The highest BCUT2D eigenvalue weighted by Gasteiger charge is 2.08. The molecule has 3 heteroatoms. The Morgan fingerprint density at radius 3 is 2.41 bits per heavy atom. The number of aliphatic hydroxyl groups excluding tert-OH is 1. The fraction of sp³-hybridized carbons (Fsp3) is 0.143. The molecule has 0 heterocycles. The molecule has 2 aromatic carbocycles. The van der Waals surface area contributed by atoms with Gasteiger partial charge in [0.05, 0.1) is 6.10 Å². The molecule has 0 saturated heterocycles. The molecule has 1 nitrogen and oxygen atoms in total. The van der Waals surface area contributed by atoms with Gasteiger partial charge < -0.3 is 5.11 Å². The summed E-state index contributed by atoms with van der Waals surface area (Å²) in [7, 11) is 0. The molecule has 0 aliphatic rings. The topological polar surface area (TPSA) is 20.2 Å². The molecule has 0 fully saturated rings. The molecule has 0 aliphatic carbocycles. The van der Waals surface area contributed by atoms with E-state index in [1.54, 1.807) is 19.1 Å². The Balaban J connectivity index is 2.23. The maximum atomic E-state index is 13.8. The van der Waals surface area contributed by atoms with Gasteiger partial charge >= 0.3 is 0 Å². The standard InChI is InChI=1S/C14H13FOS/c1-10(16)11-7-8-14(13(15)9-11)17-12-5-3-2-4-6-12/h2-10,16H,1H3. The molecular weight excluding hydrogens is 235 g/mol. The number of aliphatic hydroxyl groups is 1. The van der Waals surface area contributed by atoms with Crippen LogP contribution in [0.5, 0.6) is 0 Å². The van der Waals surface area contributed by atoms with Crippen LogP contribution < -0.4 is 0 Å². The molecule has 1 atom stereocenters. The van der Waals surface area contributed by atoms with Gasteiger partial charge in [-0.15, -0.1) is 0 Å². The lowest BCUT2D eigenvalue weighted by molar-refractivity contribution is 0.198. The van der Waals surface area contributed by atoms with E-state index in [0.29, 0.717) is 10.5 Å². The Hall–Kier alpha value is -1.32. The smallest absolute Gasteiger partial charge is 0.137 e. The Kier molecular flexibility index (Phi) is 3.82. The maximum Gasteiger partial charge on any atom is 0.137 e. The first-order valence-electron chi connectivity index (χ1n) is 5.37. The highest BCUT2D eigenvalue weighted by atomic mass is 32.2. The van der Waals surface area contributed by atoms with Crippen molar-refractivity contribution in [2.75, 3.05) is 0 Å². The number of hydrogen-bond donors (Lipinski definition) is 1. The minimum atomic E-state index is -0.639. The van der Waals surface area contributed by atoms with Gasteiger partial charge in [0.1, 0.15) is 5.82 Å². The molecule has 0 saturated carbocycles. The minimum Gasteiger partial charge on any atom is -0.389 e. The Morgan fingerprint density at radius 2 is 1.82 bits per heavy atom. The second kappa shape index (κ2) is 5.34. The summed E-state index contributed by atoms with van der Waals surface area (Å²) >= 11 is 1.38. The van der Waals surface area contributed by atoms with Crippen molar-refractivity contribution < 1.29 is 9.50 Å². The lowest BCUT2D eigenvalue weighted by atomic mass is 10.1. The van der Waals surface area contributed by atoms with Crippen molar-refractivity contribution in [3.8, 4) is 0 Å². The van der Waals surface area contributed by atoms with Crippen molar-refractivity contribution in [3.05, 3.63) is 59.9 Å². The van der Waals surface area contributed by atoms with Crippen molar-refractivity contribution in [2.24, 2.45) is 0 Å². The first-order valence-corrected chi connectivity index (χ1v) is 6.19. The molecule has 17 heavy (non-hydrogen) atoms. The first-order chi connectivity index (χ1) is 8.16. The van der Waals surface area contributed by atoms with Gasteiger partial charge in [-0.3, -0.25) is 0 Å². The van der Waals surface area contributed by atoms with E-state index in [1.807, 2.05) is 30.3 Å². The van der Waals surface area contributed by atoms with Crippen molar-refractivity contribution in [1.82, 2.24) is 0 Å². The van der Waals surface area contributed by atoms with Crippen molar-refractivity contribution in [3.63, 3.8) is 0 Å². The normalized spacial score (nSPS) is 12.4. The highest BCUT2D eigenvalue weighted by Crippen LogP contribution is 2.30. The number of benzene rings is 2. The minimum absolute atomic E-state index is 0.294. The van der Waals surface area contributed by atoms with E-state index in [-0.39, 0.29) is 5.82 Å². The van der Waals surface area contributed by atoms with E-state index in [1.165, 1.54) is 17.8 Å². The van der Waals surface area contributed by atoms with Crippen LogP contribution in [0.25, 0.3) is 0 Å². The number of hydrogen-bond acceptors (Lipinski definition) is 2. The predicted molar refractivity (Wildman–Crippen MR) is 67.6 cm³/mol. The zero-order valence-electron chi connectivity index (χ0n) is 9.43. The lowest BCUT2D eigenvalue weighted by Crippen LogP contribution is -1.92. The van der Waals surface area contributed by atoms with Gasteiger partial charge in [0, 0.05) is 9.79 Å². The molecule has 2 rings (SSSR count). The molecule has 0 spiro atoms. The summed E-state index contributed by atoms with van der Waals surface area (Å²) in [4.78, 5) is 1.57. The van der Waals surface area contributed by atoms with Gasteiger partial charge in [-0.2, -0.15) is 0 Å². The second-order valence-corrected chi connectivity index (χ2v) is 4.90. The zero-order valence-corrected chi connectivity index (χ0v) is 10.2. The monoisotopic (exact) mass is 248 g/mol. The van der Waals surface area contributed by atoms with Gasteiger partial charge in [-0.25, -0.2) is 4.39 Å². The Labute approximate surface area is 104 Å². The molecule has 0 aromatic heterocycles. The van der Waals surface area contributed by atoms with Crippen LogP contribution in [0.1, 0.15) is 18.6 Å². The summed E-state index contributed by atoms with van der Waals surface area (Å²) in [6.45, 7) is 1.62. The first kappa shape index (κ1) is 12.1. The van der Waals surface area contributed by atoms with Crippen molar-refractivity contribution in [1.29, 1.82) is 0 Å². The van der Waals surface area contributed by atoms with E-state index >= 15 is 0 Å². The third kappa shape index (κ3) is 3.08. The Bertz CT molecular complexity index is 497. The van der Waals surface area contributed by atoms with Gasteiger partial charge in [0.25, 0.3) is 0 Å². The molecule has 1 N–H and O–H groups in total. The zero-order chi connectivity index (χ0) is 12.3. The molecule has 1 unspecified atom stereocenters. The summed E-state index contributed by atoms with van der Waals surface area (Å²) in [6.07, 6.45) is -0.639. The summed E-state index contributed by atoms with van der Waals surface area (Å²) < 4.78 is 13.8. The van der Waals surface area contributed by atoms with Gasteiger partial charge in [0.15, 0.2) is 0 Å². The number of halogens is 1. The summed E-state index contributed by atoms with van der Waals surface area (Å²) in [5, 5.41) is 9.36. The van der Waals surface area contributed by atoms with Crippen LogP contribution in [0.15, 0.2) is 58.3 Å². The molecule has 2 aromatic rings. The third-order valence-electron chi connectivity index (χ3n) is 2.41. The van der Waals surface area contributed by atoms with Crippen LogP contribution in [-0.2, 0) is 0 Å². The fourth-order valence-corrected chi connectivity index (χ4v) is 2.31. The van der Waals surface area contributed by atoms with E-state index in [0.717, 1.165) is 4.90 Å². The van der Waals surface area contributed by atoms with Gasteiger partial charge in [-0.1, -0.05) is 36.0 Å². The quantitative estimate of drug-likeness (QED) is 0.885. The maximum absolute atomic E-state index is 13.8. The molecular formula is C14H13FOS. The average Bonchev–Trinajstić information content (AvgIpc) is 2.33. The second-order valence-electron chi connectivity index (χ2n) is 3.78. The van der Waals surface area contributed by atoms with E-state index in [4.69, 9.17) is 0 Å². The van der Waals surface area contributed by atoms with E-state index in [2.05, 4.69) is 0 Å². The van der Waals surface area contributed by atoms with Crippen LogP contribution in [0, 0.1) is 5.82 Å². The van der Waals surface area contributed by atoms with Crippen LogP contribution in [0.4, 0.5) is 4.39 Å². The molecule has 0 amide bonds. The van der Waals surface area contributed by atoms with Crippen LogP contribution in [-0.4, -0.2) is 5.11 Å². The van der Waals surface area contributed by atoms with Crippen LogP contribution in [0.2, 0.25) is 0 Å². The van der Waals surface area contributed by atoms with Gasteiger partial charge in [-0.05, 0) is 36.8 Å². The summed E-state index contributed by atoms with van der Waals surface area (Å²) in [6, 6.07) is 14.5. The van der Waals surface area contributed by atoms with Crippen molar-refractivity contribution in [2.45, 2.75) is 22.8 Å². The fourth-order valence-electron chi connectivity index (χ4n) is 1.48. The van der Waals surface area contributed by atoms with Crippen LogP contribution in [0.3, 0.4) is 0 Å². The molecule has 0 aliphatic heterocycles. The SMILES string of the molecule is CC(O)c1ccc(Sc2ccccc2)c(F)c1. The third-order valence-corrected chi connectivity index (χ3v) is 3.47. The van der Waals surface area contributed by atoms with Crippen LogP contribution >= 0.6 is 11.8 Å². The lowest BCUT2D eigenvalue weighted by Gasteiger charge is -2.07. The average molecular weight is 248 g/mol. The largest absolute Gasteiger partial charge is 0.389 e. The molecule has 0 radical (unpaired) electrons. The van der Waals surface area contributed by atoms with Gasteiger partial charge in [0.2, 0.25) is 0 Å². The van der Waals surface area contributed by atoms with E-state index < -0.39 is 6.10 Å². The highest BCUT2D eigenvalue weighted by molar-refractivity contribution is 7.99. The Morgan fingerprint density at radius 1 is 1.12 bits per heavy atom. The predicted octanol–water partition coefficient (Wildman–Crippen LogP) is 4.03. The summed E-state index contributed by atoms with van der Waals surface area (Å²) in [5.41, 5.74) is 0.597. The molecule has 0 bridgehead atoms.